The highest BCUT2D eigenvalue weighted by atomic mass is 35.5. The van der Waals surface area contributed by atoms with Crippen LogP contribution in [0.1, 0.15) is 6.42 Å². The normalized spacial score (nSPS) is 14.5. The summed E-state index contributed by atoms with van der Waals surface area (Å²) in [6.07, 6.45) is 0.454. The summed E-state index contributed by atoms with van der Waals surface area (Å²) in [4.78, 5) is 16.6. The van der Waals surface area contributed by atoms with E-state index in [0.717, 1.165) is 31.9 Å². The third-order valence-electron chi connectivity index (χ3n) is 4.28. The number of anilines is 2. The first-order valence-corrected chi connectivity index (χ1v) is 9.15. The Morgan fingerprint density at radius 1 is 0.960 bits per heavy atom. The van der Waals surface area contributed by atoms with Crippen molar-refractivity contribution in [1.29, 1.82) is 0 Å². The Bertz CT molecular complexity index is 696. The molecule has 0 atom stereocenters. The van der Waals surface area contributed by atoms with Crippen LogP contribution in [0.25, 0.3) is 0 Å². The van der Waals surface area contributed by atoms with Gasteiger partial charge in [0.1, 0.15) is 0 Å². The van der Waals surface area contributed by atoms with Gasteiger partial charge in [-0.15, -0.1) is 0 Å². The predicted octanol–water partition coefficient (Wildman–Crippen LogP) is 4.14. The van der Waals surface area contributed by atoms with Gasteiger partial charge in [0.15, 0.2) is 0 Å². The topological polar surface area (TPSA) is 35.6 Å². The molecular formula is C19H21Cl2N3O. The van der Waals surface area contributed by atoms with E-state index in [9.17, 15) is 4.79 Å². The zero-order chi connectivity index (χ0) is 17.6. The van der Waals surface area contributed by atoms with Crippen molar-refractivity contribution in [3.8, 4) is 0 Å². The second kappa shape index (κ2) is 8.45. The molecule has 2 aromatic carbocycles. The fourth-order valence-electron chi connectivity index (χ4n) is 2.98. The highest BCUT2D eigenvalue weighted by molar-refractivity contribution is 6.35. The zero-order valence-corrected chi connectivity index (χ0v) is 15.4. The van der Waals surface area contributed by atoms with E-state index < -0.39 is 0 Å². The smallest absolute Gasteiger partial charge is 0.224 e. The summed E-state index contributed by atoms with van der Waals surface area (Å²) in [6.45, 7) is 3.82. The molecule has 1 fully saturated rings. The van der Waals surface area contributed by atoms with Gasteiger partial charge < -0.3 is 15.1 Å². The van der Waals surface area contributed by atoms with Gasteiger partial charge in [-0.25, -0.2) is 0 Å². The van der Waals surface area contributed by atoms with Crippen LogP contribution in [-0.4, -0.2) is 43.5 Å². The van der Waals surface area contributed by atoms with E-state index in [-0.39, 0.29) is 5.91 Å². The first-order valence-electron chi connectivity index (χ1n) is 8.39. The van der Waals surface area contributed by atoms with Gasteiger partial charge in [0.05, 0.1) is 0 Å². The lowest BCUT2D eigenvalue weighted by Gasteiger charge is -2.36. The number of carbonyl (C=O) groups is 1. The summed E-state index contributed by atoms with van der Waals surface area (Å²) in [7, 11) is 0. The van der Waals surface area contributed by atoms with Crippen LogP contribution in [0.15, 0.2) is 48.5 Å². The second-order valence-electron chi connectivity index (χ2n) is 6.04. The van der Waals surface area contributed by atoms with Crippen molar-refractivity contribution in [2.75, 3.05) is 42.9 Å². The fraction of sp³-hybridized carbons (Fsp3) is 0.316. The van der Waals surface area contributed by atoms with Gasteiger partial charge in [0.25, 0.3) is 0 Å². The predicted molar refractivity (Wildman–Crippen MR) is 105 cm³/mol. The molecular weight excluding hydrogens is 357 g/mol. The average molecular weight is 378 g/mol. The highest BCUT2D eigenvalue weighted by Crippen LogP contribution is 2.22. The molecule has 1 aliphatic heterocycles. The molecule has 2 aromatic rings. The Hall–Kier alpha value is -1.91. The number of amides is 1. The number of piperazine rings is 1. The van der Waals surface area contributed by atoms with Crippen LogP contribution >= 0.6 is 23.2 Å². The van der Waals surface area contributed by atoms with Crippen molar-refractivity contribution in [2.24, 2.45) is 0 Å². The molecule has 25 heavy (non-hydrogen) atoms. The lowest BCUT2D eigenvalue weighted by atomic mass is 10.2. The summed E-state index contributed by atoms with van der Waals surface area (Å²) in [5.74, 6) is 0.174. The van der Waals surface area contributed by atoms with Crippen LogP contribution in [0.3, 0.4) is 0 Å². The first kappa shape index (κ1) is 17.9. The minimum absolute atomic E-state index is 0.174. The molecule has 0 radical (unpaired) electrons. The molecule has 4 nitrogen and oxygen atoms in total. The van der Waals surface area contributed by atoms with Crippen molar-refractivity contribution in [3.63, 3.8) is 0 Å². The van der Waals surface area contributed by atoms with E-state index in [2.05, 4.69) is 22.3 Å². The van der Waals surface area contributed by atoms with Crippen LogP contribution < -0.4 is 10.2 Å². The molecule has 1 amide bonds. The van der Waals surface area contributed by atoms with Gasteiger partial charge in [-0.2, -0.15) is 0 Å². The standard InChI is InChI=1S/C19H21Cl2N3O/c20-15-12-16(21)14-17(13-15)22-7-6-19(25)24-10-8-23(9-11-24)18-4-2-1-3-5-18/h1-5,12-14,22H,6-11H2. The maximum atomic E-state index is 12.4. The molecule has 6 heteroatoms. The Labute approximate surface area is 158 Å². The molecule has 0 aliphatic carbocycles. The third-order valence-corrected chi connectivity index (χ3v) is 4.72. The molecule has 3 rings (SSSR count). The number of hydrogen-bond donors (Lipinski definition) is 1. The Kier molecular flexibility index (Phi) is 6.05. The molecule has 1 aliphatic rings. The quantitative estimate of drug-likeness (QED) is 0.849. The average Bonchev–Trinajstić information content (AvgIpc) is 2.62. The van der Waals surface area contributed by atoms with Crippen molar-refractivity contribution in [3.05, 3.63) is 58.6 Å². The van der Waals surface area contributed by atoms with Crippen molar-refractivity contribution >= 4 is 40.5 Å². The number of carbonyl (C=O) groups excluding carboxylic acids is 1. The second-order valence-corrected chi connectivity index (χ2v) is 6.91. The van der Waals surface area contributed by atoms with Gasteiger partial charge in [0.2, 0.25) is 5.91 Å². The molecule has 1 N–H and O–H groups in total. The highest BCUT2D eigenvalue weighted by Gasteiger charge is 2.20. The Morgan fingerprint density at radius 3 is 2.24 bits per heavy atom. The third kappa shape index (κ3) is 5.03. The van der Waals surface area contributed by atoms with E-state index in [1.807, 2.05) is 23.1 Å². The van der Waals surface area contributed by atoms with E-state index in [1.165, 1.54) is 5.69 Å². The van der Waals surface area contributed by atoms with Crippen LogP contribution in [0.5, 0.6) is 0 Å². The van der Waals surface area contributed by atoms with E-state index in [1.54, 1.807) is 18.2 Å². The van der Waals surface area contributed by atoms with Gasteiger partial charge in [0, 0.05) is 60.6 Å². The molecule has 1 saturated heterocycles. The summed E-state index contributed by atoms with van der Waals surface area (Å²) in [6, 6.07) is 15.6. The fourth-order valence-corrected chi connectivity index (χ4v) is 3.51. The maximum absolute atomic E-state index is 12.4. The van der Waals surface area contributed by atoms with Crippen LogP contribution in [0.2, 0.25) is 10.0 Å². The van der Waals surface area contributed by atoms with Gasteiger partial charge >= 0.3 is 0 Å². The number of para-hydroxylation sites is 1. The number of hydrogen-bond acceptors (Lipinski definition) is 3. The summed E-state index contributed by atoms with van der Waals surface area (Å²) in [5.41, 5.74) is 2.05. The van der Waals surface area contributed by atoms with Crippen LogP contribution in [-0.2, 0) is 4.79 Å². The molecule has 0 aromatic heterocycles. The Morgan fingerprint density at radius 2 is 1.60 bits per heavy atom. The SMILES string of the molecule is O=C(CCNc1cc(Cl)cc(Cl)c1)N1CCN(c2ccccc2)CC1. The number of benzene rings is 2. The lowest BCUT2D eigenvalue weighted by molar-refractivity contribution is -0.131. The summed E-state index contributed by atoms with van der Waals surface area (Å²) >= 11 is 11.9. The van der Waals surface area contributed by atoms with E-state index in [4.69, 9.17) is 23.2 Å². The lowest BCUT2D eigenvalue weighted by Crippen LogP contribution is -2.49. The zero-order valence-electron chi connectivity index (χ0n) is 13.9. The minimum atomic E-state index is 0.174. The van der Waals surface area contributed by atoms with Crippen LogP contribution in [0.4, 0.5) is 11.4 Å². The Balaban J connectivity index is 1.43. The summed E-state index contributed by atoms with van der Waals surface area (Å²) < 4.78 is 0. The number of nitrogens with one attached hydrogen (secondary N) is 1. The first-order chi connectivity index (χ1) is 12.1. The van der Waals surface area contributed by atoms with Crippen LogP contribution in [0, 0.1) is 0 Å². The summed E-state index contributed by atoms with van der Waals surface area (Å²) in [5, 5.41) is 4.37. The largest absolute Gasteiger partial charge is 0.384 e. The molecule has 0 saturated carbocycles. The molecule has 1 heterocycles. The van der Waals surface area contributed by atoms with Gasteiger partial charge in [-0.05, 0) is 30.3 Å². The van der Waals surface area contributed by atoms with Gasteiger partial charge in [-0.1, -0.05) is 41.4 Å². The van der Waals surface area contributed by atoms with E-state index in [0.29, 0.717) is 23.0 Å². The monoisotopic (exact) mass is 377 g/mol. The van der Waals surface area contributed by atoms with Crippen molar-refractivity contribution in [1.82, 2.24) is 4.90 Å². The van der Waals surface area contributed by atoms with E-state index >= 15 is 0 Å². The molecule has 0 unspecified atom stereocenters. The van der Waals surface area contributed by atoms with Crippen molar-refractivity contribution < 1.29 is 4.79 Å². The number of rotatable bonds is 5. The maximum Gasteiger partial charge on any atom is 0.224 e. The number of nitrogens with zero attached hydrogens (tertiary/aromatic N) is 2. The minimum Gasteiger partial charge on any atom is -0.384 e. The van der Waals surface area contributed by atoms with Gasteiger partial charge in [-0.3, -0.25) is 4.79 Å². The molecule has 0 spiro atoms. The van der Waals surface area contributed by atoms with Crippen molar-refractivity contribution in [2.45, 2.75) is 6.42 Å². The molecule has 132 valence electrons. The molecule has 0 bridgehead atoms. The number of halogens is 2.